The van der Waals surface area contributed by atoms with Crippen LogP contribution in [0.25, 0.3) is 0 Å². The van der Waals surface area contributed by atoms with E-state index in [2.05, 4.69) is 5.32 Å². The summed E-state index contributed by atoms with van der Waals surface area (Å²) in [6.07, 6.45) is 1.87. The van der Waals surface area contributed by atoms with Crippen molar-refractivity contribution < 1.29 is 9.18 Å². The van der Waals surface area contributed by atoms with Crippen LogP contribution in [0.3, 0.4) is 0 Å². The van der Waals surface area contributed by atoms with Gasteiger partial charge < -0.3 is 11.1 Å². The third kappa shape index (κ3) is 3.06. The van der Waals surface area contributed by atoms with Crippen molar-refractivity contribution in [3.8, 4) is 0 Å². The van der Waals surface area contributed by atoms with Crippen molar-refractivity contribution in [1.82, 2.24) is 0 Å². The van der Waals surface area contributed by atoms with Crippen molar-refractivity contribution in [1.29, 1.82) is 0 Å². The standard InChI is InChI=1S/C13H15FN2OS2/c1-13(5-2-6-19-13)12(17)16-10-4-3-8(14)7-9(10)11(15)18/h3-4,7H,2,5-6H2,1H3,(H2,15,18)(H,16,17). The summed E-state index contributed by atoms with van der Waals surface area (Å²) < 4.78 is 12.8. The summed E-state index contributed by atoms with van der Waals surface area (Å²) in [6.45, 7) is 1.92. The average molecular weight is 298 g/mol. The molecule has 0 bridgehead atoms. The van der Waals surface area contributed by atoms with Crippen molar-refractivity contribution in [2.45, 2.75) is 24.5 Å². The quantitative estimate of drug-likeness (QED) is 0.843. The van der Waals surface area contributed by atoms with E-state index in [1.165, 1.54) is 18.2 Å². The van der Waals surface area contributed by atoms with E-state index in [0.29, 0.717) is 11.3 Å². The van der Waals surface area contributed by atoms with Crippen LogP contribution in [0.4, 0.5) is 10.1 Å². The number of rotatable bonds is 3. The van der Waals surface area contributed by atoms with Gasteiger partial charge in [-0.05, 0) is 43.7 Å². The van der Waals surface area contributed by atoms with Gasteiger partial charge in [0, 0.05) is 5.56 Å². The highest BCUT2D eigenvalue weighted by Crippen LogP contribution is 2.38. The van der Waals surface area contributed by atoms with Gasteiger partial charge in [0.05, 0.1) is 10.4 Å². The first-order chi connectivity index (χ1) is 8.92. The summed E-state index contributed by atoms with van der Waals surface area (Å²) >= 11 is 6.52. The van der Waals surface area contributed by atoms with E-state index in [1.54, 1.807) is 11.8 Å². The predicted molar refractivity (Wildman–Crippen MR) is 81.0 cm³/mol. The van der Waals surface area contributed by atoms with E-state index < -0.39 is 10.6 Å². The van der Waals surface area contributed by atoms with E-state index in [0.717, 1.165) is 18.6 Å². The molecule has 0 aliphatic carbocycles. The Morgan fingerprint density at radius 1 is 1.58 bits per heavy atom. The molecule has 0 spiro atoms. The van der Waals surface area contributed by atoms with Gasteiger partial charge in [-0.15, -0.1) is 11.8 Å². The minimum atomic E-state index is -0.429. The van der Waals surface area contributed by atoms with Crippen LogP contribution in [0.2, 0.25) is 0 Å². The third-order valence-corrected chi connectivity index (χ3v) is 4.93. The van der Waals surface area contributed by atoms with Gasteiger partial charge in [-0.25, -0.2) is 4.39 Å². The molecule has 2 rings (SSSR count). The number of carbonyl (C=O) groups is 1. The first-order valence-electron chi connectivity index (χ1n) is 5.97. The summed E-state index contributed by atoms with van der Waals surface area (Å²) in [5, 5.41) is 2.81. The van der Waals surface area contributed by atoms with Crippen molar-refractivity contribution in [2.75, 3.05) is 11.1 Å². The van der Waals surface area contributed by atoms with Crippen molar-refractivity contribution in [3.05, 3.63) is 29.6 Å². The summed E-state index contributed by atoms with van der Waals surface area (Å²) in [6, 6.07) is 4.01. The molecule has 3 nitrogen and oxygen atoms in total. The molecule has 0 saturated carbocycles. The Bertz CT molecular complexity index is 527. The molecule has 1 atom stereocenters. The van der Waals surface area contributed by atoms with E-state index in [-0.39, 0.29) is 10.9 Å². The molecule has 1 aromatic rings. The van der Waals surface area contributed by atoms with E-state index in [4.69, 9.17) is 18.0 Å². The van der Waals surface area contributed by atoms with Crippen LogP contribution in [0.5, 0.6) is 0 Å². The molecule has 0 aromatic heterocycles. The second-order valence-corrected chi connectivity index (χ2v) is 6.73. The zero-order valence-corrected chi connectivity index (χ0v) is 12.2. The third-order valence-electron chi connectivity index (χ3n) is 3.19. The molecule has 1 aliphatic heterocycles. The molecule has 1 fully saturated rings. The summed E-state index contributed by atoms with van der Waals surface area (Å²) in [4.78, 5) is 12.4. The number of anilines is 1. The highest BCUT2D eigenvalue weighted by Gasteiger charge is 2.37. The fraction of sp³-hybridized carbons (Fsp3) is 0.385. The Labute approximate surface area is 121 Å². The topological polar surface area (TPSA) is 55.1 Å². The van der Waals surface area contributed by atoms with Gasteiger partial charge in [-0.1, -0.05) is 12.2 Å². The number of hydrogen-bond donors (Lipinski definition) is 2. The molecule has 6 heteroatoms. The fourth-order valence-corrected chi connectivity index (χ4v) is 3.42. The number of thioether (sulfide) groups is 1. The Hall–Kier alpha value is -1.14. The molecule has 1 aromatic carbocycles. The van der Waals surface area contributed by atoms with Crippen LogP contribution in [-0.4, -0.2) is 21.4 Å². The van der Waals surface area contributed by atoms with Crippen LogP contribution in [0.15, 0.2) is 18.2 Å². The lowest BCUT2D eigenvalue weighted by Gasteiger charge is -2.22. The van der Waals surface area contributed by atoms with Gasteiger partial charge in [-0.3, -0.25) is 4.79 Å². The van der Waals surface area contributed by atoms with Gasteiger partial charge >= 0.3 is 0 Å². The Kier molecular flexibility index (Phi) is 4.10. The molecule has 0 radical (unpaired) electrons. The first-order valence-corrected chi connectivity index (χ1v) is 7.36. The lowest BCUT2D eigenvalue weighted by Crippen LogP contribution is -2.35. The Morgan fingerprint density at radius 3 is 2.89 bits per heavy atom. The molecule has 1 aliphatic rings. The maximum Gasteiger partial charge on any atom is 0.240 e. The minimum Gasteiger partial charge on any atom is -0.389 e. The van der Waals surface area contributed by atoms with Crippen LogP contribution >= 0.6 is 24.0 Å². The normalized spacial score (nSPS) is 22.2. The smallest absolute Gasteiger partial charge is 0.240 e. The SMILES string of the molecule is CC1(C(=O)Nc2ccc(F)cc2C(N)=S)CCCS1. The molecular formula is C13H15FN2OS2. The summed E-state index contributed by atoms with van der Waals surface area (Å²) in [7, 11) is 0. The maximum atomic E-state index is 13.2. The van der Waals surface area contributed by atoms with Gasteiger partial charge in [-0.2, -0.15) is 0 Å². The van der Waals surface area contributed by atoms with Crippen LogP contribution in [0.1, 0.15) is 25.3 Å². The first kappa shape index (κ1) is 14.3. The average Bonchev–Trinajstić information content (AvgIpc) is 2.79. The molecule has 1 saturated heterocycles. The van der Waals surface area contributed by atoms with Gasteiger partial charge in [0.15, 0.2) is 0 Å². The minimum absolute atomic E-state index is 0.0685. The number of amides is 1. The predicted octanol–water partition coefficient (Wildman–Crippen LogP) is 2.68. The zero-order chi connectivity index (χ0) is 14.0. The number of nitrogens with one attached hydrogen (secondary N) is 1. The number of thiocarbonyl (C=S) groups is 1. The molecule has 1 unspecified atom stereocenters. The fourth-order valence-electron chi connectivity index (χ4n) is 2.04. The second kappa shape index (κ2) is 5.46. The number of carbonyl (C=O) groups excluding carboxylic acids is 1. The van der Waals surface area contributed by atoms with E-state index >= 15 is 0 Å². The number of hydrogen-bond acceptors (Lipinski definition) is 3. The maximum absolute atomic E-state index is 13.2. The summed E-state index contributed by atoms with van der Waals surface area (Å²) in [5.74, 6) is 0.469. The number of halogens is 1. The Morgan fingerprint density at radius 2 is 2.32 bits per heavy atom. The molecule has 102 valence electrons. The van der Waals surface area contributed by atoms with Crippen molar-refractivity contribution >= 4 is 40.6 Å². The molecule has 1 amide bonds. The highest BCUT2D eigenvalue weighted by molar-refractivity contribution is 8.01. The van der Waals surface area contributed by atoms with Gasteiger partial charge in [0.25, 0.3) is 0 Å². The lowest BCUT2D eigenvalue weighted by atomic mass is 10.0. The van der Waals surface area contributed by atoms with Gasteiger partial charge in [0.1, 0.15) is 10.8 Å². The highest BCUT2D eigenvalue weighted by atomic mass is 32.2. The van der Waals surface area contributed by atoms with Gasteiger partial charge in [0.2, 0.25) is 5.91 Å². The van der Waals surface area contributed by atoms with E-state index in [1.807, 2.05) is 6.92 Å². The molecule has 19 heavy (non-hydrogen) atoms. The number of benzene rings is 1. The van der Waals surface area contributed by atoms with Crippen molar-refractivity contribution in [3.63, 3.8) is 0 Å². The monoisotopic (exact) mass is 298 g/mol. The Balaban J connectivity index is 2.23. The summed E-state index contributed by atoms with van der Waals surface area (Å²) in [5.41, 5.74) is 6.38. The van der Waals surface area contributed by atoms with Crippen molar-refractivity contribution in [2.24, 2.45) is 5.73 Å². The molecule has 1 heterocycles. The zero-order valence-electron chi connectivity index (χ0n) is 10.5. The van der Waals surface area contributed by atoms with Crippen LogP contribution in [0, 0.1) is 5.82 Å². The largest absolute Gasteiger partial charge is 0.389 e. The van der Waals surface area contributed by atoms with Crippen LogP contribution < -0.4 is 11.1 Å². The lowest BCUT2D eigenvalue weighted by molar-refractivity contribution is -0.118. The molecular weight excluding hydrogens is 283 g/mol. The molecule has 3 N–H and O–H groups in total. The van der Waals surface area contributed by atoms with E-state index in [9.17, 15) is 9.18 Å². The number of nitrogens with two attached hydrogens (primary N) is 1. The second-order valence-electron chi connectivity index (χ2n) is 4.69. The van der Waals surface area contributed by atoms with Crippen LogP contribution in [-0.2, 0) is 4.79 Å².